The smallest absolute Gasteiger partial charge is 0.141 e. The van der Waals surface area contributed by atoms with E-state index in [0.717, 1.165) is 64.5 Å². The molecule has 5 aliphatic rings. The fraction of sp³-hybridized carbons (Fsp3) is 0.917. The highest BCUT2D eigenvalue weighted by Gasteiger charge is 2.61. The Hall–Kier alpha value is -0.650. The molecule has 0 aromatic carbocycles. The summed E-state index contributed by atoms with van der Waals surface area (Å²) in [6.07, 6.45) is 9.61. The number of aliphatic hydroxyl groups is 1. The van der Waals surface area contributed by atoms with E-state index in [0.29, 0.717) is 35.4 Å². The van der Waals surface area contributed by atoms with Crippen LogP contribution in [0.5, 0.6) is 0 Å². The van der Waals surface area contributed by atoms with Crippen molar-refractivity contribution in [2.45, 2.75) is 77.7 Å². The lowest BCUT2D eigenvalue weighted by molar-refractivity contribution is -0.145. The van der Waals surface area contributed by atoms with Crippen molar-refractivity contribution in [1.82, 2.24) is 5.32 Å². The lowest BCUT2D eigenvalue weighted by Crippen LogP contribution is -2.57. The van der Waals surface area contributed by atoms with Gasteiger partial charge in [-0.2, -0.15) is 0 Å². The first-order valence-corrected chi connectivity index (χ1v) is 12.0. The fourth-order valence-electron chi connectivity index (χ4n) is 8.23. The van der Waals surface area contributed by atoms with Gasteiger partial charge in [0.1, 0.15) is 11.9 Å². The molecule has 170 valence electrons. The molecule has 5 rings (SSSR count). The normalized spacial score (nSPS) is 49.2. The van der Waals surface area contributed by atoms with Crippen LogP contribution >= 0.6 is 12.4 Å². The number of nitrogens with zero attached hydrogens (tertiary/aromatic N) is 1. The quantitative estimate of drug-likeness (QED) is 0.654. The molecule has 4 saturated carbocycles. The summed E-state index contributed by atoms with van der Waals surface area (Å²) in [4.78, 5) is 18.5. The highest BCUT2D eigenvalue weighted by molar-refractivity contribution is 5.87. The van der Waals surface area contributed by atoms with Gasteiger partial charge in [0.05, 0.1) is 5.71 Å². The zero-order valence-corrected chi connectivity index (χ0v) is 19.4. The number of carbonyl (C=O) groups is 1. The minimum absolute atomic E-state index is 0. The van der Waals surface area contributed by atoms with Crippen LogP contribution in [0.4, 0.5) is 0 Å². The summed E-state index contributed by atoms with van der Waals surface area (Å²) in [5.41, 5.74) is 1.37. The number of ketones is 1. The van der Waals surface area contributed by atoms with Crippen LogP contribution in [0.2, 0.25) is 0 Å². The van der Waals surface area contributed by atoms with Crippen molar-refractivity contribution in [2.24, 2.45) is 45.6 Å². The summed E-state index contributed by atoms with van der Waals surface area (Å²) in [6, 6.07) is 0. The maximum absolute atomic E-state index is 12.7. The average Bonchev–Trinajstić information content (AvgIpc) is 3.34. The molecule has 4 aliphatic carbocycles. The Morgan fingerprint density at radius 1 is 1.13 bits per heavy atom. The van der Waals surface area contributed by atoms with Crippen LogP contribution in [0.3, 0.4) is 0 Å². The summed E-state index contributed by atoms with van der Waals surface area (Å²) < 4.78 is 0. The zero-order valence-electron chi connectivity index (χ0n) is 18.6. The molecule has 8 atom stereocenters. The molecule has 30 heavy (non-hydrogen) atoms. The number of nitrogens with one attached hydrogen (secondary N) is 1. The van der Waals surface area contributed by atoms with Gasteiger partial charge in [-0.3, -0.25) is 4.79 Å². The van der Waals surface area contributed by atoms with E-state index in [1.165, 1.54) is 12.1 Å². The highest BCUT2D eigenvalue weighted by Crippen LogP contribution is 2.66. The zero-order chi connectivity index (χ0) is 20.2. The Labute approximate surface area is 187 Å². The molecule has 0 aromatic rings. The van der Waals surface area contributed by atoms with Crippen LogP contribution in [0.25, 0.3) is 0 Å². The monoisotopic (exact) mass is 438 g/mol. The Morgan fingerprint density at radius 2 is 1.97 bits per heavy atom. The molecule has 6 heteroatoms. The Balaban J connectivity index is 0.00000218. The number of fused-ring (bicyclic) bond motifs is 5. The van der Waals surface area contributed by atoms with Crippen LogP contribution in [0, 0.1) is 40.4 Å². The summed E-state index contributed by atoms with van der Waals surface area (Å²) in [6.45, 7) is 6.93. The van der Waals surface area contributed by atoms with Gasteiger partial charge in [-0.15, -0.1) is 12.4 Å². The molecule has 1 unspecified atom stereocenters. The molecule has 1 aliphatic heterocycles. The van der Waals surface area contributed by atoms with Gasteiger partial charge in [0.25, 0.3) is 0 Å². The third-order valence-electron chi connectivity index (χ3n) is 9.97. The molecule has 0 radical (unpaired) electrons. The van der Waals surface area contributed by atoms with E-state index in [4.69, 9.17) is 4.84 Å². The first-order chi connectivity index (χ1) is 14.0. The third-order valence-corrected chi connectivity index (χ3v) is 9.97. The Morgan fingerprint density at radius 3 is 2.70 bits per heavy atom. The standard InChI is InChI=1S/C24H38N2O3.ClH/c1-23-8-5-16(26-29-17-7-10-25-13-17)12-21(23)15(14-27)11-18-19-3-4-22(28)24(19,2)9-6-20(18)23;/h15,17-21,25,27H,3-14H2,1-2H3;1H/b26-16+;/t15-,17-,18+,19+,20+,21?,23-,24+;/m1./s1. The van der Waals surface area contributed by atoms with Gasteiger partial charge in [0, 0.05) is 31.4 Å². The van der Waals surface area contributed by atoms with Gasteiger partial charge in [-0.05, 0) is 86.5 Å². The first-order valence-electron chi connectivity index (χ1n) is 12.0. The van der Waals surface area contributed by atoms with Crippen LogP contribution in [-0.2, 0) is 9.63 Å². The predicted molar refractivity (Wildman–Crippen MR) is 120 cm³/mol. The molecular weight excluding hydrogens is 400 g/mol. The minimum atomic E-state index is -0.0885. The van der Waals surface area contributed by atoms with Gasteiger partial charge >= 0.3 is 0 Å². The minimum Gasteiger partial charge on any atom is -0.396 e. The van der Waals surface area contributed by atoms with Crippen LogP contribution < -0.4 is 5.32 Å². The molecule has 0 bridgehead atoms. The average molecular weight is 439 g/mol. The summed E-state index contributed by atoms with van der Waals surface area (Å²) in [5.74, 6) is 3.17. The molecule has 2 N–H and O–H groups in total. The predicted octanol–water partition coefficient (Wildman–Crippen LogP) is 3.97. The van der Waals surface area contributed by atoms with Crippen molar-refractivity contribution >= 4 is 23.9 Å². The van der Waals surface area contributed by atoms with Gasteiger partial charge in [0.15, 0.2) is 0 Å². The van der Waals surface area contributed by atoms with Crippen molar-refractivity contribution in [3.63, 3.8) is 0 Å². The number of oxime groups is 1. The van der Waals surface area contributed by atoms with E-state index in [9.17, 15) is 9.90 Å². The van der Waals surface area contributed by atoms with Gasteiger partial charge in [0.2, 0.25) is 0 Å². The molecule has 0 amide bonds. The molecule has 5 fully saturated rings. The molecule has 0 aromatic heterocycles. The molecule has 5 nitrogen and oxygen atoms in total. The highest BCUT2D eigenvalue weighted by atomic mass is 35.5. The molecular formula is C24H39ClN2O3. The third kappa shape index (κ3) is 3.44. The van der Waals surface area contributed by atoms with Crippen molar-refractivity contribution < 1.29 is 14.7 Å². The Bertz CT molecular complexity index is 694. The second kappa shape index (κ2) is 8.37. The number of hydrogen-bond acceptors (Lipinski definition) is 5. The van der Waals surface area contributed by atoms with Crippen LogP contribution in [-0.4, -0.2) is 42.4 Å². The van der Waals surface area contributed by atoms with Crippen molar-refractivity contribution in [3.8, 4) is 0 Å². The topological polar surface area (TPSA) is 70.9 Å². The number of halogens is 1. The van der Waals surface area contributed by atoms with E-state index in [1.54, 1.807) is 0 Å². The van der Waals surface area contributed by atoms with E-state index < -0.39 is 0 Å². The summed E-state index contributed by atoms with van der Waals surface area (Å²) >= 11 is 0. The maximum Gasteiger partial charge on any atom is 0.141 e. The number of hydrogen-bond donors (Lipinski definition) is 2. The molecule has 0 spiro atoms. The van der Waals surface area contributed by atoms with E-state index >= 15 is 0 Å². The summed E-state index contributed by atoms with van der Waals surface area (Å²) in [7, 11) is 0. The van der Waals surface area contributed by atoms with Gasteiger partial charge in [-0.25, -0.2) is 0 Å². The van der Waals surface area contributed by atoms with E-state index in [-0.39, 0.29) is 35.9 Å². The lowest BCUT2D eigenvalue weighted by atomic mass is 9.43. The van der Waals surface area contributed by atoms with Crippen LogP contribution in [0.15, 0.2) is 5.16 Å². The number of rotatable bonds is 3. The number of aliphatic hydroxyl groups excluding tert-OH is 1. The van der Waals surface area contributed by atoms with Crippen molar-refractivity contribution in [3.05, 3.63) is 0 Å². The molecule has 1 saturated heterocycles. The second-order valence-corrected chi connectivity index (χ2v) is 11.2. The molecule has 1 heterocycles. The van der Waals surface area contributed by atoms with Gasteiger partial charge in [-0.1, -0.05) is 19.0 Å². The lowest BCUT2D eigenvalue weighted by Gasteiger charge is -2.61. The van der Waals surface area contributed by atoms with E-state index in [1.807, 2.05) is 0 Å². The van der Waals surface area contributed by atoms with E-state index in [2.05, 4.69) is 24.3 Å². The first kappa shape index (κ1) is 22.5. The summed E-state index contributed by atoms with van der Waals surface area (Å²) in [5, 5.41) is 18.3. The maximum atomic E-state index is 12.7. The SMILES string of the molecule is C[C@]12CC/C(=N\O[C@@H]3CCNC3)CC1[C@@H](CO)C[C@@H]1[C@@H]2CC[C@]2(C)C(=O)CC[C@@H]12.Cl. The Kier molecular flexibility index (Phi) is 6.29. The number of Topliss-reactive ketones (excluding diaryl/α,β-unsaturated/α-hetero) is 1. The second-order valence-electron chi connectivity index (χ2n) is 11.2. The van der Waals surface area contributed by atoms with Gasteiger partial charge < -0.3 is 15.3 Å². The fourth-order valence-corrected chi connectivity index (χ4v) is 8.23. The largest absolute Gasteiger partial charge is 0.396 e. The van der Waals surface area contributed by atoms with Crippen molar-refractivity contribution in [1.29, 1.82) is 0 Å². The number of carbonyl (C=O) groups excluding carboxylic acids is 1. The van der Waals surface area contributed by atoms with Crippen LogP contribution in [0.1, 0.15) is 71.6 Å². The van der Waals surface area contributed by atoms with Crippen molar-refractivity contribution in [2.75, 3.05) is 19.7 Å².